The topological polar surface area (TPSA) is 67.2 Å². The summed E-state index contributed by atoms with van der Waals surface area (Å²) in [7, 11) is 1.67. The van der Waals surface area contributed by atoms with Crippen LogP contribution in [-0.4, -0.2) is 35.2 Å². The molecule has 0 unspecified atom stereocenters. The summed E-state index contributed by atoms with van der Waals surface area (Å²) in [4.78, 5) is 25.4. The molecular formula is C20H24N4O2. The molecule has 1 aromatic carbocycles. The van der Waals surface area contributed by atoms with Gasteiger partial charge in [0.1, 0.15) is 0 Å². The number of aromatic nitrogens is 2. The van der Waals surface area contributed by atoms with Gasteiger partial charge >= 0.3 is 0 Å². The average molecular weight is 352 g/mol. The third-order valence-corrected chi connectivity index (χ3v) is 4.77. The smallest absolute Gasteiger partial charge is 0.251 e. The lowest BCUT2D eigenvalue weighted by Gasteiger charge is -2.15. The molecule has 0 saturated heterocycles. The highest BCUT2D eigenvalue weighted by molar-refractivity contribution is 6.01. The number of nitrogens with zero attached hydrogens (tertiary/aromatic N) is 3. The van der Waals surface area contributed by atoms with E-state index in [2.05, 4.69) is 21.7 Å². The number of anilines is 1. The molecule has 2 aromatic rings. The van der Waals surface area contributed by atoms with Crippen LogP contribution in [0.1, 0.15) is 34.5 Å². The summed E-state index contributed by atoms with van der Waals surface area (Å²) in [6.07, 6.45) is 7.44. The molecular weight excluding hydrogens is 328 g/mol. The van der Waals surface area contributed by atoms with Crippen molar-refractivity contribution in [3.05, 3.63) is 59.9 Å². The second kappa shape index (κ2) is 7.99. The van der Waals surface area contributed by atoms with Gasteiger partial charge in [0.2, 0.25) is 5.91 Å². The molecule has 0 fully saturated rings. The molecule has 2 amide bonds. The number of amides is 2. The number of rotatable bonds is 6. The quantitative estimate of drug-likeness (QED) is 0.812. The molecule has 0 saturated carbocycles. The van der Waals surface area contributed by atoms with E-state index in [-0.39, 0.29) is 11.8 Å². The van der Waals surface area contributed by atoms with Gasteiger partial charge in [0.05, 0.1) is 6.20 Å². The molecule has 1 aromatic heterocycles. The minimum Gasteiger partial charge on any atom is -0.352 e. The number of hydrogen-bond acceptors (Lipinski definition) is 3. The fourth-order valence-corrected chi connectivity index (χ4v) is 3.21. The largest absolute Gasteiger partial charge is 0.352 e. The summed E-state index contributed by atoms with van der Waals surface area (Å²) in [5, 5.41) is 7.38. The Labute approximate surface area is 153 Å². The van der Waals surface area contributed by atoms with Crippen molar-refractivity contribution < 1.29 is 9.59 Å². The molecule has 6 heteroatoms. The first kappa shape index (κ1) is 17.9. The monoisotopic (exact) mass is 352 g/mol. The minimum absolute atomic E-state index is 0.115. The van der Waals surface area contributed by atoms with E-state index in [1.807, 2.05) is 6.20 Å². The highest BCUT2D eigenvalue weighted by Gasteiger charge is 2.15. The fourth-order valence-electron chi connectivity index (χ4n) is 3.21. The van der Waals surface area contributed by atoms with E-state index in [4.69, 9.17) is 0 Å². The Balaban J connectivity index is 1.54. The molecule has 0 spiro atoms. The summed E-state index contributed by atoms with van der Waals surface area (Å²) in [6.45, 7) is 5.05. The second-order valence-corrected chi connectivity index (χ2v) is 6.45. The number of likely N-dealkylation sites (N-methyl/N-ethyl adjacent to an activating group) is 1. The predicted molar refractivity (Wildman–Crippen MR) is 101 cm³/mol. The summed E-state index contributed by atoms with van der Waals surface area (Å²) in [5.74, 6) is -0.304. The van der Waals surface area contributed by atoms with Crippen molar-refractivity contribution in [2.24, 2.45) is 0 Å². The Morgan fingerprint density at radius 1 is 1.31 bits per heavy atom. The lowest BCUT2D eigenvalue weighted by atomic mass is 10.0. The zero-order chi connectivity index (χ0) is 18.5. The summed E-state index contributed by atoms with van der Waals surface area (Å²) >= 11 is 0. The van der Waals surface area contributed by atoms with Gasteiger partial charge in [-0.1, -0.05) is 6.58 Å². The Hall–Kier alpha value is -2.89. The van der Waals surface area contributed by atoms with Crippen LogP contribution in [0.25, 0.3) is 0 Å². The Bertz CT molecular complexity index is 808. The van der Waals surface area contributed by atoms with Crippen LogP contribution in [-0.2, 0) is 24.2 Å². The van der Waals surface area contributed by atoms with E-state index >= 15 is 0 Å². The maximum atomic E-state index is 12.3. The first-order valence-corrected chi connectivity index (χ1v) is 8.92. The van der Waals surface area contributed by atoms with Crippen LogP contribution in [0, 0.1) is 0 Å². The molecule has 3 rings (SSSR count). The fraction of sp³-hybridized carbons (Fsp3) is 0.350. The number of carbonyl (C=O) groups excluding carboxylic acids is 2. The third-order valence-electron chi connectivity index (χ3n) is 4.77. The number of hydrogen-bond donors (Lipinski definition) is 1. The predicted octanol–water partition coefficient (Wildman–Crippen LogP) is 2.34. The number of carbonyl (C=O) groups is 2. The summed E-state index contributed by atoms with van der Waals surface area (Å²) < 4.78 is 2.08. The van der Waals surface area contributed by atoms with Crippen molar-refractivity contribution in [2.45, 2.75) is 32.2 Å². The number of nitrogens with one attached hydrogen (secondary N) is 1. The van der Waals surface area contributed by atoms with Gasteiger partial charge in [-0.25, -0.2) is 0 Å². The van der Waals surface area contributed by atoms with Crippen LogP contribution in [0.2, 0.25) is 0 Å². The molecule has 0 atom stereocenters. The molecule has 136 valence electrons. The third kappa shape index (κ3) is 3.85. The van der Waals surface area contributed by atoms with Crippen molar-refractivity contribution in [3.8, 4) is 0 Å². The first-order chi connectivity index (χ1) is 12.6. The summed E-state index contributed by atoms with van der Waals surface area (Å²) in [5.41, 5.74) is 3.83. The van der Waals surface area contributed by atoms with Gasteiger partial charge < -0.3 is 10.2 Å². The Morgan fingerprint density at radius 2 is 2.08 bits per heavy atom. The molecule has 0 radical (unpaired) electrons. The van der Waals surface area contributed by atoms with Crippen molar-refractivity contribution in [1.82, 2.24) is 15.1 Å². The normalized spacial score (nSPS) is 13.0. The van der Waals surface area contributed by atoms with E-state index in [0.717, 1.165) is 25.1 Å². The molecule has 1 aliphatic rings. The van der Waals surface area contributed by atoms with Crippen molar-refractivity contribution in [1.29, 1.82) is 0 Å². The van der Waals surface area contributed by atoms with E-state index in [9.17, 15) is 9.59 Å². The van der Waals surface area contributed by atoms with Gasteiger partial charge in [-0.15, -0.1) is 0 Å². The highest BCUT2D eigenvalue weighted by Crippen LogP contribution is 2.18. The van der Waals surface area contributed by atoms with Crippen LogP contribution in [0.5, 0.6) is 0 Å². The average Bonchev–Trinajstić information content (AvgIpc) is 3.10. The number of benzene rings is 1. The van der Waals surface area contributed by atoms with Crippen LogP contribution < -0.4 is 10.2 Å². The van der Waals surface area contributed by atoms with Crippen molar-refractivity contribution in [3.63, 3.8) is 0 Å². The van der Waals surface area contributed by atoms with Gasteiger partial charge in [0.15, 0.2) is 0 Å². The zero-order valence-corrected chi connectivity index (χ0v) is 15.1. The van der Waals surface area contributed by atoms with E-state index in [1.54, 1.807) is 31.3 Å². The molecule has 6 nitrogen and oxygen atoms in total. The second-order valence-electron chi connectivity index (χ2n) is 6.45. The molecule has 2 heterocycles. The number of fused-ring (bicyclic) bond motifs is 1. The standard InChI is InChI=1S/C20H24N4O2/c1-3-19(25)23(2)17-9-7-15(8-10-17)20(26)21-12-11-16-14-22-24-13-5-4-6-18(16)24/h3,7-10,14H,1,4-6,11-13H2,2H3,(H,21,26). The Kier molecular flexibility index (Phi) is 5.51. The molecule has 1 aliphatic heterocycles. The molecule has 1 N–H and O–H groups in total. The van der Waals surface area contributed by atoms with Gasteiger partial charge in [0, 0.05) is 37.1 Å². The van der Waals surface area contributed by atoms with E-state index in [1.165, 1.54) is 35.1 Å². The lowest BCUT2D eigenvalue weighted by molar-refractivity contribution is -0.113. The minimum atomic E-state index is -0.188. The Morgan fingerprint density at radius 3 is 2.81 bits per heavy atom. The van der Waals surface area contributed by atoms with Crippen molar-refractivity contribution in [2.75, 3.05) is 18.5 Å². The zero-order valence-electron chi connectivity index (χ0n) is 15.1. The molecule has 0 aliphatic carbocycles. The van der Waals surface area contributed by atoms with Crippen LogP contribution in [0.15, 0.2) is 43.1 Å². The maximum absolute atomic E-state index is 12.3. The van der Waals surface area contributed by atoms with E-state index in [0.29, 0.717) is 12.1 Å². The van der Waals surface area contributed by atoms with Gasteiger partial charge in [0.25, 0.3) is 5.91 Å². The summed E-state index contributed by atoms with van der Waals surface area (Å²) in [6, 6.07) is 6.95. The van der Waals surface area contributed by atoms with E-state index < -0.39 is 0 Å². The molecule has 0 bridgehead atoms. The van der Waals surface area contributed by atoms with Gasteiger partial charge in [-0.05, 0) is 61.6 Å². The SMILES string of the molecule is C=CC(=O)N(C)c1ccc(C(=O)NCCc2cnn3c2CCCC3)cc1. The van der Waals surface area contributed by atoms with Gasteiger partial charge in [-0.3, -0.25) is 14.3 Å². The lowest BCUT2D eigenvalue weighted by Crippen LogP contribution is -2.26. The molecule has 26 heavy (non-hydrogen) atoms. The van der Waals surface area contributed by atoms with Crippen LogP contribution in [0.4, 0.5) is 5.69 Å². The van der Waals surface area contributed by atoms with Gasteiger partial charge in [-0.2, -0.15) is 5.10 Å². The van der Waals surface area contributed by atoms with Crippen LogP contribution in [0.3, 0.4) is 0 Å². The van der Waals surface area contributed by atoms with Crippen molar-refractivity contribution >= 4 is 17.5 Å². The highest BCUT2D eigenvalue weighted by atomic mass is 16.2. The van der Waals surface area contributed by atoms with Crippen LogP contribution >= 0.6 is 0 Å². The number of aryl methyl sites for hydroxylation is 1. The first-order valence-electron chi connectivity index (χ1n) is 8.92. The maximum Gasteiger partial charge on any atom is 0.251 e.